The number of carbonyl (C=O) groups is 2. The van der Waals surface area contributed by atoms with Crippen LogP contribution in [-0.2, 0) is 32.6 Å². The molecule has 0 aliphatic rings. The topological polar surface area (TPSA) is 96.0 Å². The Morgan fingerprint density at radius 2 is 1.51 bits per heavy atom. The molecule has 0 bridgehead atoms. The zero-order valence-corrected chi connectivity index (χ0v) is 29.1. The minimum Gasteiger partial charge on any atom is -0.494 e. The second-order valence-corrected chi connectivity index (χ2v) is 13.8. The van der Waals surface area contributed by atoms with Gasteiger partial charge in [0.25, 0.3) is 10.0 Å². The fourth-order valence-electron chi connectivity index (χ4n) is 4.89. The van der Waals surface area contributed by atoms with Crippen LogP contribution in [0.15, 0.2) is 102 Å². The van der Waals surface area contributed by atoms with Crippen LogP contribution < -0.4 is 14.4 Å². The molecule has 0 saturated heterocycles. The third kappa shape index (κ3) is 9.64. The Morgan fingerprint density at radius 3 is 2.13 bits per heavy atom. The number of benzene rings is 4. The van der Waals surface area contributed by atoms with Crippen LogP contribution in [0.5, 0.6) is 5.75 Å². The van der Waals surface area contributed by atoms with Gasteiger partial charge in [0.15, 0.2) is 0 Å². The van der Waals surface area contributed by atoms with E-state index in [9.17, 15) is 18.0 Å². The van der Waals surface area contributed by atoms with Gasteiger partial charge in [-0.05, 0) is 85.1 Å². The molecule has 248 valence electrons. The van der Waals surface area contributed by atoms with Gasteiger partial charge in [0.2, 0.25) is 11.8 Å². The minimum atomic E-state index is -4.28. The molecule has 0 fully saturated rings. The molecule has 8 nitrogen and oxygen atoms in total. The first-order chi connectivity index (χ1) is 22.5. The molecule has 1 atom stereocenters. The van der Waals surface area contributed by atoms with E-state index in [0.717, 1.165) is 9.87 Å². The maximum atomic E-state index is 14.5. The van der Waals surface area contributed by atoms with Crippen molar-refractivity contribution in [3.05, 3.63) is 123 Å². The van der Waals surface area contributed by atoms with Crippen molar-refractivity contribution in [3.63, 3.8) is 0 Å². The molecule has 2 amide bonds. The monoisotopic (exact) mass is 715 g/mol. The Kier molecular flexibility index (Phi) is 13.0. The number of carbonyl (C=O) groups excluding carboxylic acids is 2. The number of anilines is 1. The highest BCUT2D eigenvalue weighted by Gasteiger charge is 2.34. The predicted octanol–water partition coefficient (Wildman–Crippen LogP) is 7.41. The molecule has 0 saturated carbocycles. The van der Waals surface area contributed by atoms with Gasteiger partial charge in [-0.1, -0.05) is 78.1 Å². The van der Waals surface area contributed by atoms with Gasteiger partial charge in [-0.25, -0.2) is 8.42 Å². The number of nitrogens with one attached hydrogen (secondary N) is 1. The summed E-state index contributed by atoms with van der Waals surface area (Å²) in [5.41, 5.74) is 1.68. The van der Waals surface area contributed by atoms with E-state index >= 15 is 0 Å². The molecular formula is C35H36Cl3N3O5S. The summed E-state index contributed by atoms with van der Waals surface area (Å²) in [7, 11) is -4.28. The van der Waals surface area contributed by atoms with Crippen molar-refractivity contribution in [1.82, 2.24) is 10.2 Å². The first kappa shape index (κ1) is 36.1. The van der Waals surface area contributed by atoms with E-state index in [1.54, 1.807) is 42.5 Å². The molecule has 0 aliphatic carbocycles. The maximum absolute atomic E-state index is 14.5. The Balaban J connectivity index is 1.81. The van der Waals surface area contributed by atoms with E-state index in [1.165, 1.54) is 29.2 Å². The lowest BCUT2D eigenvalue weighted by Crippen LogP contribution is -2.53. The lowest BCUT2D eigenvalue weighted by atomic mass is 10.0. The SMILES string of the molecule is CCCNC(=O)C(Cc1ccccc1)N(Cc1ccc(Cl)c(Cl)c1)C(=O)CN(c1ccc(OCC)cc1)S(=O)(=O)c1ccc(Cl)cc1. The van der Waals surface area contributed by atoms with Crippen LogP contribution >= 0.6 is 34.8 Å². The molecular weight excluding hydrogens is 681 g/mol. The maximum Gasteiger partial charge on any atom is 0.264 e. The summed E-state index contributed by atoms with van der Waals surface area (Å²) in [5.74, 6) is -0.421. The number of hydrogen-bond donors (Lipinski definition) is 1. The fourth-order valence-corrected chi connectivity index (χ4v) is 6.75. The van der Waals surface area contributed by atoms with E-state index in [4.69, 9.17) is 39.5 Å². The molecule has 4 aromatic rings. The minimum absolute atomic E-state index is 0.0368. The van der Waals surface area contributed by atoms with Crippen molar-refractivity contribution >= 4 is 62.3 Å². The van der Waals surface area contributed by atoms with Crippen molar-refractivity contribution in [2.45, 2.75) is 44.2 Å². The van der Waals surface area contributed by atoms with E-state index in [0.29, 0.717) is 40.9 Å². The van der Waals surface area contributed by atoms with Crippen LogP contribution in [0.3, 0.4) is 0 Å². The van der Waals surface area contributed by atoms with Crippen LogP contribution in [0.2, 0.25) is 15.1 Å². The predicted molar refractivity (Wildman–Crippen MR) is 188 cm³/mol. The standard InChI is InChI=1S/C35H36Cl3N3O5S/c1-3-20-39-35(43)33(22-25-8-6-5-7-9-25)40(23-26-10-19-31(37)32(38)21-26)34(42)24-41(28-13-15-29(16-14-28)46-4-2)47(44,45)30-17-11-27(36)12-18-30/h5-19,21,33H,3-4,20,22-24H2,1-2H3,(H,39,43). The second kappa shape index (κ2) is 16.9. The van der Waals surface area contributed by atoms with Gasteiger partial charge in [0.05, 0.1) is 27.2 Å². The summed E-state index contributed by atoms with van der Waals surface area (Å²) in [6.07, 6.45) is 0.881. The van der Waals surface area contributed by atoms with Crippen LogP contribution in [0.1, 0.15) is 31.4 Å². The first-order valence-electron chi connectivity index (χ1n) is 15.1. The molecule has 4 rings (SSSR count). The molecule has 47 heavy (non-hydrogen) atoms. The molecule has 0 heterocycles. The van der Waals surface area contributed by atoms with Gasteiger partial charge >= 0.3 is 0 Å². The molecule has 0 aliphatic heterocycles. The van der Waals surface area contributed by atoms with Gasteiger partial charge in [-0.3, -0.25) is 13.9 Å². The van der Waals surface area contributed by atoms with Gasteiger partial charge in [-0.2, -0.15) is 0 Å². The highest BCUT2D eigenvalue weighted by Crippen LogP contribution is 2.29. The summed E-state index contributed by atoms with van der Waals surface area (Å²) in [6, 6.07) is 25.4. The lowest BCUT2D eigenvalue weighted by Gasteiger charge is -2.34. The van der Waals surface area contributed by atoms with Gasteiger partial charge in [0.1, 0.15) is 18.3 Å². The van der Waals surface area contributed by atoms with Crippen molar-refractivity contribution < 1.29 is 22.7 Å². The van der Waals surface area contributed by atoms with Gasteiger partial charge < -0.3 is 15.0 Å². The van der Waals surface area contributed by atoms with Crippen molar-refractivity contribution in [2.24, 2.45) is 0 Å². The highest BCUT2D eigenvalue weighted by atomic mass is 35.5. The number of amides is 2. The summed E-state index contributed by atoms with van der Waals surface area (Å²) < 4.78 is 34.9. The number of halogens is 3. The van der Waals surface area contributed by atoms with Gasteiger partial charge in [0, 0.05) is 24.5 Å². The van der Waals surface area contributed by atoms with Crippen molar-refractivity contribution in [1.29, 1.82) is 0 Å². The van der Waals surface area contributed by atoms with E-state index in [2.05, 4.69) is 5.32 Å². The summed E-state index contributed by atoms with van der Waals surface area (Å²) in [5, 5.41) is 3.91. The van der Waals surface area contributed by atoms with Gasteiger partial charge in [-0.15, -0.1) is 0 Å². The smallest absolute Gasteiger partial charge is 0.264 e. The quantitative estimate of drug-likeness (QED) is 0.138. The van der Waals surface area contributed by atoms with Crippen LogP contribution in [0.25, 0.3) is 0 Å². The number of sulfonamides is 1. The van der Waals surface area contributed by atoms with Crippen molar-refractivity contribution in [2.75, 3.05) is 24.0 Å². The first-order valence-corrected chi connectivity index (χ1v) is 17.7. The largest absolute Gasteiger partial charge is 0.494 e. The Morgan fingerprint density at radius 1 is 0.830 bits per heavy atom. The summed E-state index contributed by atoms with van der Waals surface area (Å²) >= 11 is 18.6. The Hall–Kier alpha value is -3.76. The number of hydrogen-bond acceptors (Lipinski definition) is 5. The Bertz CT molecular complexity index is 1760. The van der Waals surface area contributed by atoms with E-state index in [-0.39, 0.29) is 34.5 Å². The second-order valence-electron chi connectivity index (χ2n) is 10.7. The average molecular weight is 717 g/mol. The lowest BCUT2D eigenvalue weighted by molar-refractivity contribution is -0.140. The third-order valence-electron chi connectivity index (χ3n) is 7.27. The molecule has 0 aromatic heterocycles. The van der Waals surface area contributed by atoms with Crippen LogP contribution in [0, 0.1) is 0 Å². The zero-order valence-electron chi connectivity index (χ0n) is 26.0. The molecule has 12 heteroatoms. The summed E-state index contributed by atoms with van der Waals surface area (Å²) in [4.78, 5) is 29.6. The molecule has 1 N–H and O–H groups in total. The van der Waals surface area contributed by atoms with Crippen LogP contribution in [-0.4, -0.2) is 50.9 Å². The van der Waals surface area contributed by atoms with Crippen molar-refractivity contribution in [3.8, 4) is 5.75 Å². The number of rotatable bonds is 15. The molecule has 0 spiro atoms. The van der Waals surface area contributed by atoms with Crippen LogP contribution in [0.4, 0.5) is 5.69 Å². The normalized spacial score (nSPS) is 11.9. The molecule has 1 unspecified atom stereocenters. The average Bonchev–Trinajstić information content (AvgIpc) is 3.06. The summed E-state index contributed by atoms with van der Waals surface area (Å²) in [6.45, 7) is 3.97. The fraction of sp³-hybridized carbons (Fsp3) is 0.257. The number of ether oxygens (including phenoxy) is 1. The van der Waals surface area contributed by atoms with E-state index < -0.39 is 28.5 Å². The van der Waals surface area contributed by atoms with E-state index in [1.807, 2.05) is 44.2 Å². The number of nitrogens with zero attached hydrogens (tertiary/aromatic N) is 2. The third-order valence-corrected chi connectivity index (χ3v) is 10.1. The highest BCUT2D eigenvalue weighted by molar-refractivity contribution is 7.92. The zero-order chi connectivity index (χ0) is 34.0. The Labute approximate surface area is 291 Å². The molecule has 4 aromatic carbocycles. The molecule has 0 radical (unpaired) electrons.